The Morgan fingerprint density at radius 3 is 3.31 bits per heavy atom. The topological polar surface area (TPSA) is 67.2 Å². The number of nitrogens with zero attached hydrogens (tertiary/aromatic N) is 2. The molecule has 0 spiro atoms. The number of aryl methyl sites for hydroxylation is 1. The molecule has 0 fully saturated rings. The highest BCUT2D eigenvalue weighted by Crippen LogP contribution is 2.23. The van der Waals surface area contributed by atoms with Gasteiger partial charge in [0.15, 0.2) is 6.04 Å². The van der Waals surface area contributed by atoms with Crippen molar-refractivity contribution in [3.63, 3.8) is 0 Å². The predicted octanol–water partition coefficient (Wildman–Crippen LogP) is 0.633. The maximum absolute atomic E-state index is 10.8. The van der Waals surface area contributed by atoms with Crippen LogP contribution in [0.5, 0.6) is 0 Å². The standard InChI is InChI=1S/C8H11N3O2/c1-5-4-7-9-3-2-6(8(12)13)11(7)10-5/h4,6,9H,2-3H2,1H3,(H,12,13). The van der Waals surface area contributed by atoms with E-state index in [4.69, 9.17) is 5.11 Å². The van der Waals surface area contributed by atoms with Crippen molar-refractivity contribution in [2.75, 3.05) is 11.9 Å². The first-order valence-electron chi connectivity index (χ1n) is 4.21. The third-order valence-electron chi connectivity index (χ3n) is 2.16. The maximum Gasteiger partial charge on any atom is 0.328 e. The van der Waals surface area contributed by atoms with Gasteiger partial charge >= 0.3 is 5.97 Å². The molecule has 70 valence electrons. The summed E-state index contributed by atoms with van der Waals surface area (Å²) < 4.78 is 1.54. The van der Waals surface area contributed by atoms with Crippen LogP contribution < -0.4 is 5.32 Å². The molecule has 0 amide bonds. The lowest BCUT2D eigenvalue weighted by Gasteiger charge is -2.21. The van der Waals surface area contributed by atoms with E-state index < -0.39 is 12.0 Å². The van der Waals surface area contributed by atoms with Crippen LogP contribution in [-0.2, 0) is 4.79 Å². The summed E-state index contributed by atoms with van der Waals surface area (Å²) in [4.78, 5) is 10.8. The van der Waals surface area contributed by atoms with Gasteiger partial charge in [-0.2, -0.15) is 5.10 Å². The molecule has 2 rings (SSSR count). The summed E-state index contributed by atoms with van der Waals surface area (Å²) in [6.07, 6.45) is 0.587. The first-order valence-corrected chi connectivity index (χ1v) is 4.21. The van der Waals surface area contributed by atoms with Crippen LogP contribution in [0.3, 0.4) is 0 Å². The lowest BCUT2D eigenvalue weighted by atomic mass is 10.2. The van der Waals surface area contributed by atoms with Gasteiger partial charge in [0.05, 0.1) is 5.69 Å². The summed E-state index contributed by atoms with van der Waals surface area (Å²) in [5.41, 5.74) is 0.843. The number of carbonyl (C=O) groups is 1. The van der Waals surface area contributed by atoms with E-state index in [1.165, 1.54) is 0 Å². The highest BCUT2D eigenvalue weighted by atomic mass is 16.4. The smallest absolute Gasteiger partial charge is 0.328 e. The molecule has 1 atom stereocenters. The minimum atomic E-state index is -0.814. The number of fused-ring (bicyclic) bond motifs is 1. The fraction of sp³-hybridized carbons (Fsp3) is 0.500. The number of aromatic nitrogens is 2. The normalized spacial score (nSPS) is 20.5. The summed E-state index contributed by atoms with van der Waals surface area (Å²) in [5, 5.41) is 16.1. The molecule has 5 heteroatoms. The second kappa shape index (κ2) is 2.76. The Morgan fingerprint density at radius 2 is 2.62 bits per heavy atom. The summed E-state index contributed by atoms with van der Waals surface area (Å²) in [6.45, 7) is 2.55. The number of carboxylic acids is 1. The summed E-state index contributed by atoms with van der Waals surface area (Å²) in [6, 6.07) is 1.35. The summed E-state index contributed by atoms with van der Waals surface area (Å²) >= 11 is 0. The molecule has 0 saturated heterocycles. The molecule has 0 bridgehead atoms. The van der Waals surface area contributed by atoms with Crippen LogP contribution in [-0.4, -0.2) is 27.4 Å². The Kier molecular flexibility index (Phi) is 1.72. The molecular formula is C8H11N3O2. The molecular weight excluding hydrogens is 170 g/mol. The third-order valence-corrected chi connectivity index (χ3v) is 2.16. The van der Waals surface area contributed by atoms with Crippen molar-refractivity contribution in [2.45, 2.75) is 19.4 Å². The number of hydrogen-bond acceptors (Lipinski definition) is 3. The van der Waals surface area contributed by atoms with E-state index in [0.717, 1.165) is 11.5 Å². The van der Waals surface area contributed by atoms with Gasteiger partial charge in [0, 0.05) is 12.6 Å². The molecule has 0 saturated carbocycles. The minimum Gasteiger partial charge on any atom is -0.480 e. The van der Waals surface area contributed by atoms with Gasteiger partial charge in [-0.05, 0) is 13.3 Å². The zero-order chi connectivity index (χ0) is 9.42. The van der Waals surface area contributed by atoms with Crippen molar-refractivity contribution in [3.8, 4) is 0 Å². The Labute approximate surface area is 75.4 Å². The largest absolute Gasteiger partial charge is 0.480 e. The SMILES string of the molecule is Cc1cc2n(n1)C(C(=O)O)CCN2. The van der Waals surface area contributed by atoms with Crippen LogP contribution in [0.2, 0.25) is 0 Å². The molecule has 0 aromatic carbocycles. The van der Waals surface area contributed by atoms with E-state index >= 15 is 0 Å². The van der Waals surface area contributed by atoms with E-state index in [1.54, 1.807) is 4.68 Å². The van der Waals surface area contributed by atoms with Crippen molar-refractivity contribution >= 4 is 11.8 Å². The molecule has 1 aromatic heterocycles. The number of nitrogens with one attached hydrogen (secondary N) is 1. The van der Waals surface area contributed by atoms with Crippen molar-refractivity contribution in [2.24, 2.45) is 0 Å². The van der Waals surface area contributed by atoms with Gasteiger partial charge in [-0.1, -0.05) is 0 Å². The molecule has 1 aromatic rings. The Hall–Kier alpha value is -1.52. The molecule has 5 nitrogen and oxygen atoms in total. The average Bonchev–Trinajstić information content (AvgIpc) is 2.43. The molecule has 2 N–H and O–H groups in total. The average molecular weight is 181 g/mol. The monoisotopic (exact) mass is 181 g/mol. The Morgan fingerprint density at radius 1 is 1.85 bits per heavy atom. The number of anilines is 1. The van der Waals surface area contributed by atoms with Crippen LogP contribution in [0, 0.1) is 6.92 Å². The Bertz CT molecular complexity index is 345. The number of rotatable bonds is 1. The van der Waals surface area contributed by atoms with Gasteiger partial charge in [-0.25, -0.2) is 9.48 Å². The van der Waals surface area contributed by atoms with Crippen LogP contribution in [0.25, 0.3) is 0 Å². The van der Waals surface area contributed by atoms with Gasteiger partial charge in [-0.15, -0.1) is 0 Å². The quantitative estimate of drug-likeness (QED) is 0.667. The van der Waals surface area contributed by atoms with Gasteiger partial charge in [0.1, 0.15) is 5.82 Å². The van der Waals surface area contributed by atoms with Gasteiger partial charge in [0.2, 0.25) is 0 Å². The van der Waals surface area contributed by atoms with Crippen LogP contribution in [0.1, 0.15) is 18.2 Å². The lowest BCUT2D eigenvalue weighted by Crippen LogP contribution is -2.28. The van der Waals surface area contributed by atoms with Crippen molar-refractivity contribution in [1.29, 1.82) is 0 Å². The summed E-state index contributed by atoms with van der Waals surface area (Å²) in [5.74, 6) is -0.0120. The predicted molar refractivity (Wildman–Crippen MR) is 46.7 cm³/mol. The van der Waals surface area contributed by atoms with Crippen molar-refractivity contribution < 1.29 is 9.90 Å². The highest BCUT2D eigenvalue weighted by Gasteiger charge is 2.26. The second-order valence-electron chi connectivity index (χ2n) is 3.19. The van der Waals surface area contributed by atoms with Gasteiger partial charge in [-0.3, -0.25) is 0 Å². The van der Waals surface area contributed by atoms with Gasteiger partial charge < -0.3 is 10.4 Å². The van der Waals surface area contributed by atoms with Crippen molar-refractivity contribution in [3.05, 3.63) is 11.8 Å². The lowest BCUT2D eigenvalue weighted by molar-refractivity contribution is -0.141. The first kappa shape index (κ1) is 8.10. The highest BCUT2D eigenvalue weighted by molar-refractivity contribution is 5.73. The second-order valence-corrected chi connectivity index (χ2v) is 3.19. The molecule has 1 unspecified atom stereocenters. The van der Waals surface area contributed by atoms with Crippen molar-refractivity contribution in [1.82, 2.24) is 9.78 Å². The van der Waals surface area contributed by atoms with Crippen LogP contribution >= 0.6 is 0 Å². The number of carboxylic acid groups (broad SMARTS) is 1. The zero-order valence-corrected chi connectivity index (χ0v) is 7.32. The summed E-state index contributed by atoms with van der Waals surface area (Å²) in [7, 11) is 0. The fourth-order valence-electron chi connectivity index (χ4n) is 1.57. The van der Waals surface area contributed by atoms with E-state index in [0.29, 0.717) is 13.0 Å². The molecule has 1 aliphatic rings. The first-order chi connectivity index (χ1) is 6.18. The Balaban J connectivity index is 2.41. The van der Waals surface area contributed by atoms with E-state index in [-0.39, 0.29) is 0 Å². The third kappa shape index (κ3) is 1.26. The maximum atomic E-state index is 10.8. The number of hydrogen-bond donors (Lipinski definition) is 2. The van der Waals surface area contributed by atoms with Gasteiger partial charge in [0.25, 0.3) is 0 Å². The van der Waals surface area contributed by atoms with Crippen LogP contribution in [0.15, 0.2) is 6.07 Å². The molecule has 1 aliphatic heterocycles. The zero-order valence-electron chi connectivity index (χ0n) is 7.32. The molecule has 0 radical (unpaired) electrons. The van der Waals surface area contributed by atoms with E-state index in [1.807, 2.05) is 13.0 Å². The molecule has 13 heavy (non-hydrogen) atoms. The molecule has 0 aliphatic carbocycles. The molecule has 2 heterocycles. The van der Waals surface area contributed by atoms with E-state index in [2.05, 4.69) is 10.4 Å². The van der Waals surface area contributed by atoms with Crippen LogP contribution in [0.4, 0.5) is 5.82 Å². The minimum absolute atomic E-state index is 0.509. The van der Waals surface area contributed by atoms with E-state index in [9.17, 15) is 4.79 Å². The number of aliphatic carboxylic acids is 1. The fourth-order valence-corrected chi connectivity index (χ4v) is 1.57.